The van der Waals surface area contributed by atoms with Crippen LogP contribution in [0.4, 0.5) is 0 Å². The van der Waals surface area contributed by atoms with Crippen molar-refractivity contribution >= 4 is 22.7 Å². The van der Waals surface area contributed by atoms with Crippen molar-refractivity contribution in [1.29, 1.82) is 0 Å². The molecule has 0 aliphatic carbocycles. The van der Waals surface area contributed by atoms with E-state index in [4.69, 9.17) is 10.2 Å². The zero-order valence-electron chi connectivity index (χ0n) is 12.1. The molecule has 1 fully saturated rings. The average molecular weight is 290 g/mol. The van der Waals surface area contributed by atoms with Gasteiger partial charge in [0.15, 0.2) is 0 Å². The summed E-state index contributed by atoms with van der Waals surface area (Å²) in [6.07, 6.45) is 1.89. The van der Waals surface area contributed by atoms with E-state index in [9.17, 15) is 0 Å². The fourth-order valence-corrected chi connectivity index (χ4v) is 4.55. The Bertz CT molecular complexity index is 573. The van der Waals surface area contributed by atoms with Gasteiger partial charge in [-0.05, 0) is 6.07 Å². The molecule has 2 aromatic rings. The van der Waals surface area contributed by atoms with Crippen molar-refractivity contribution in [2.45, 2.75) is 30.4 Å². The molecule has 1 aliphatic rings. The van der Waals surface area contributed by atoms with E-state index in [-0.39, 0.29) is 6.04 Å². The van der Waals surface area contributed by atoms with E-state index < -0.39 is 0 Å². The van der Waals surface area contributed by atoms with Crippen LogP contribution in [-0.4, -0.2) is 35.0 Å². The maximum Gasteiger partial charge on any atom is 0.134 e. The molecule has 1 aromatic carbocycles. The monoisotopic (exact) mass is 290 g/mol. The first-order valence-corrected chi connectivity index (χ1v) is 8.19. The molecular formula is C16H22N2OS. The number of nitrogens with two attached hydrogens (primary N) is 1. The molecule has 1 aliphatic heterocycles. The van der Waals surface area contributed by atoms with Crippen molar-refractivity contribution in [1.82, 2.24) is 4.90 Å². The van der Waals surface area contributed by atoms with Crippen LogP contribution in [0.5, 0.6) is 0 Å². The predicted octanol–water partition coefficient (Wildman–Crippen LogP) is 3.26. The normalized spacial score (nSPS) is 25.9. The van der Waals surface area contributed by atoms with Gasteiger partial charge in [0.25, 0.3) is 0 Å². The number of hydrogen-bond acceptors (Lipinski definition) is 4. The number of furan rings is 1. The first-order valence-electron chi connectivity index (χ1n) is 7.24. The van der Waals surface area contributed by atoms with Gasteiger partial charge in [0, 0.05) is 41.1 Å². The van der Waals surface area contributed by atoms with Crippen LogP contribution >= 0.6 is 11.8 Å². The third kappa shape index (κ3) is 2.60. The van der Waals surface area contributed by atoms with Crippen LogP contribution in [0.15, 0.2) is 34.9 Å². The number of nitrogens with zero attached hydrogens (tertiary/aromatic N) is 1. The molecule has 1 saturated heterocycles. The molecule has 3 nitrogen and oxygen atoms in total. The summed E-state index contributed by atoms with van der Waals surface area (Å²) < 4.78 is 5.69. The van der Waals surface area contributed by atoms with Crippen LogP contribution in [-0.2, 0) is 0 Å². The fraction of sp³-hybridized carbons (Fsp3) is 0.500. The molecular weight excluding hydrogens is 268 g/mol. The molecule has 3 atom stereocenters. The molecule has 3 rings (SSSR count). The number of fused-ring (bicyclic) bond motifs is 1. The lowest BCUT2D eigenvalue weighted by atomic mass is 10.0. The van der Waals surface area contributed by atoms with E-state index in [1.807, 2.05) is 18.4 Å². The molecule has 1 aromatic heterocycles. The van der Waals surface area contributed by atoms with Gasteiger partial charge < -0.3 is 10.2 Å². The molecule has 0 amide bonds. The zero-order valence-corrected chi connectivity index (χ0v) is 12.9. The lowest BCUT2D eigenvalue weighted by Crippen LogP contribution is -2.44. The molecule has 0 spiro atoms. The summed E-state index contributed by atoms with van der Waals surface area (Å²) in [5.41, 5.74) is 8.27. The summed E-state index contributed by atoms with van der Waals surface area (Å²) in [6.45, 7) is 7.42. The molecule has 2 heterocycles. The SMILES string of the molecule is CC1CN(C(CN)c2coc3ccccc23)CC(C)S1. The summed E-state index contributed by atoms with van der Waals surface area (Å²) in [6, 6.07) is 8.47. The summed E-state index contributed by atoms with van der Waals surface area (Å²) in [4.78, 5) is 2.52. The quantitative estimate of drug-likeness (QED) is 0.942. The Balaban J connectivity index is 1.93. The molecule has 0 bridgehead atoms. The van der Waals surface area contributed by atoms with E-state index in [0.29, 0.717) is 17.0 Å². The number of para-hydroxylation sites is 1. The van der Waals surface area contributed by atoms with Gasteiger partial charge in [-0.1, -0.05) is 32.0 Å². The topological polar surface area (TPSA) is 42.4 Å². The van der Waals surface area contributed by atoms with Crippen LogP contribution in [0.3, 0.4) is 0 Å². The first-order chi connectivity index (χ1) is 9.69. The highest BCUT2D eigenvalue weighted by atomic mass is 32.2. The van der Waals surface area contributed by atoms with Gasteiger partial charge >= 0.3 is 0 Å². The molecule has 2 N–H and O–H groups in total. The van der Waals surface area contributed by atoms with E-state index in [1.165, 1.54) is 10.9 Å². The minimum Gasteiger partial charge on any atom is -0.464 e. The molecule has 0 radical (unpaired) electrons. The van der Waals surface area contributed by atoms with Gasteiger partial charge in [0.05, 0.1) is 12.3 Å². The van der Waals surface area contributed by atoms with Crippen molar-refractivity contribution < 1.29 is 4.42 Å². The minimum atomic E-state index is 0.254. The molecule has 108 valence electrons. The lowest BCUT2D eigenvalue weighted by molar-refractivity contribution is 0.199. The second kappa shape index (κ2) is 5.80. The van der Waals surface area contributed by atoms with Crippen molar-refractivity contribution in [3.63, 3.8) is 0 Å². The van der Waals surface area contributed by atoms with Crippen LogP contribution in [0.25, 0.3) is 11.0 Å². The van der Waals surface area contributed by atoms with Gasteiger partial charge in [-0.15, -0.1) is 0 Å². The maximum atomic E-state index is 6.09. The highest BCUT2D eigenvalue weighted by Gasteiger charge is 2.29. The van der Waals surface area contributed by atoms with E-state index in [1.54, 1.807) is 0 Å². The third-order valence-corrected chi connectivity index (χ3v) is 5.21. The predicted molar refractivity (Wildman–Crippen MR) is 86.1 cm³/mol. The molecule has 20 heavy (non-hydrogen) atoms. The van der Waals surface area contributed by atoms with Crippen LogP contribution in [0.2, 0.25) is 0 Å². The Labute approximate surface area is 124 Å². The van der Waals surface area contributed by atoms with Gasteiger partial charge in [-0.2, -0.15) is 11.8 Å². The molecule has 4 heteroatoms. The minimum absolute atomic E-state index is 0.254. The Hall–Kier alpha value is -0.970. The second-order valence-electron chi connectivity index (χ2n) is 5.65. The Morgan fingerprint density at radius 2 is 2.00 bits per heavy atom. The standard InChI is InChI=1S/C16H22N2OS/c1-11-8-18(9-12(2)20-11)15(7-17)14-10-19-16-6-4-3-5-13(14)16/h3-6,10-12,15H,7-9,17H2,1-2H3. The van der Waals surface area contributed by atoms with Crippen molar-refractivity contribution in [3.8, 4) is 0 Å². The Morgan fingerprint density at radius 1 is 1.30 bits per heavy atom. The fourth-order valence-electron chi connectivity index (χ4n) is 3.20. The second-order valence-corrected chi connectivity index (χ2v) is 7.53. The average Bonchev–Trinajstić information content (AvgIpc) is 2.83. The number of rotatable bonds is 3. The lowest BCUT2D eigenvalue weighted by Gasteiger charge is -2.39. The number of thioether (sulfide) groups is 1. The largest absolute Gasteiger partial charge is 0.464 e. The van der Waals surface area contributed by atoms with Gasteiger partial charge in [0.2, 0.25) is 0 Å². The summed E-state index contributed by atoms with van der Waals surface area (Å²) in [5, 5.41) is 2.51. The summed E-state index contributed by atoms with van der Waals surface area (Å²) in [7, 11) is 0. The number of benzene rings is 1. The summed E-state index contributed by atoms with van der Waals surface area (Å²) >= 11 is 2.07. The maximum absolute atomic E-state index is 6.09. The van der Waals surface area contributed by atoms with Crippen molar-refractivity contribution in [2.75, 3.05) is 19.6 Å². The van der Waals surface area contributed by atoms with E-state index >= 15 is 0 Å². The van der Waals surface area contributed by atoms with Gasteiger partial charge in [-0.25, -0.2) is 0 Å². The Morgan fingerprint density at radius 3 is 2.70 bits per heavy atom. The van der Waals surface area contributed by atoms with Crippen molar-refractivity contribution in [3.05, 3.63) is 36.1 Å². The number of hydrogen-bond donors (Lipinski definition) is 1. The Kier molecular flexibility index (Phi) is 4.06. The van der Waals surface area contributed by atoms with E-state index in [2.05, 4.69) is 42.6 Å². The molecule has 0 saturated carbocycles. The molecule has 3 unspecified atom stereocenters. The third-order valence-electron chi connectivity index (χ3n) is 3.98. The van der Waals surface area contributed by atoms with Crippen LogP contribution in [0.1, 0.15) is 25.5 Å². The van der Waals surface area contributed by atoms with Crippen molar-refractivity contribution in [2.24, 2.45) is 5.73 Å². The van der Waals surface area contributed by atoms with Gasteiger partial charge in [0.1, 0.15) is 5.58 Å². The highest BCUT2D eigenvalue weighted by molar-refractivity contribution is 8.00. The van der Waals surface area contributed by atoms with E-state index in [0.717, 1.165) is 18.7 Å². The van der Waals surface area contributed by atoms with Crippen LogP contribution in [0, 0.1) is 0 Å². The first kappa shape index (κ1) is 14.0. The summed E-state index contributed by atoms with van der Waals surface area (Å²) in [5.74, 6) is 0. The van der Waals surface area contributed by atoms with Gasteiger partial charge in [-0.3, -0.25) is 4.90 Å². The van der Waals surface area contributed by atoms with Crippen LogP contribution < -0.4 is 5.73 Å². The smallest absolute Gasteiger partial charge is 0.134 e. The highest BCUT2D eigenvalue weighted by Crippen LogP contribution is 2.34. The zero-order chi connectivity index (χ0) is 14.1.